The third-order valence-electron chi connectivity index (χ3n) is 3.12. The summed E-state index contributed by atoms with van der Waals surface area (Å²) in [6.45, 7) is 9.56. The van der Waals surface area contributed by atoms with Gasteiger partial charge in [-0.15, -0.1) is 11.3 Å². The molecule has 0 unspecified atom stereocenters. The van der Waals surface area contributed by atoms with Crippen molar-refractivity contribution in [1.29, 1.82) is 0 Å². The van der Waals surface area contributed by atoms with Crippen molar-refractivity contribution in [2.75, 3.05) is 11.9 Å². The summed E-state index contributed by atoms with van der Waals surface area (Å²) >= 11 is 1.81. The van der Waals surface area contributed by atoms with Gasteiger partial charge in [-0.3, -0.25) is 0 Å². The zero-order valence-corrected chi connectivity index (χ0v) is 13.6. The number of hydrogen-bond donors (Lipinski definition) is 1. The quantitative estimate of drug-likeness (QED) is 0.844. The highest BCUT2D eigenvalue weighted by Crippen LogP contribution is 2.29. The first-order chi connectivity index (χ1) is 9.63. The summed E-state index contributed by atoms with van der Waals surface area (Å²) in [5, 5.41) is 3.38. The van der Waals surface area contributed by atoms with Crippen LogP contribution in [0.4, 0.5) is 5.82 Å². The molecular formula is C16H23N3S. The van der Waals surface area contributed by atoms with Crippen LogP contribution in [-0.2, 0) is 6.42 Å². The average Bonchev–Trinajstić information content (AvgIpc) is 2.75. The Balaban J connectivity index is 2.40. The molecule has 0 atom stereocenters. The molecule has 1 N–H and O–H groups in total. The number of nitrogens with one attached hydrogen (secondary N) is 1. The largest absolute Gasteiger partial charge is 0.370 e. The van der Waals surface area contributed by atoms with E-state index >= 15 is 0 Å². The summed E-state index contributed by atoms with van der Waals surface area (Å²) in [5.41, 5.74) is 2.30. The number of anilines is 1. The van der Waals surface area contributed by atoms with Crippen LogP contribution in [0, 0.1) is 13.8 Å². The predicted molar refractivity (Wildman–Crippen MR) is 87.6 cm³/mol. The molecule has 0 aliphatic heterocycles. The van der Waals surface area contributed by atoms with E-state index in [2.05, 4.69) is 50.1 Å². The van der Waals surface area contributed by atoms with Crippen LogP contribution >= 0.6 is 11.3 Å². The second-order valence-electron chi connectivity index (χ2n) is 5.07. The highest BCUT2D eigenvalue weighted by Gasteiger charge is 2.11. The van der Waals surface area contributed by atoms with E-state index in [1.54, 1.807) is 11.3 Å². The molecule has 0 aliphatic rings. The summed E-state index contributed by atoms with van der Waals surface area (Å²) in [6, 6.07) is 4.27. The molecule has 0 radical (unpaired) electrons. The molecule has 4 heteroatoms. The van der Waals surface area contributed by atoms with Gasteiger partial charge >= 0.3 is 0 Å². The lowest BCUT2D eigenvalue weighted by Crippen LogP contribution is -2.05. The fraction of sp³-hybridized carbons (Fsp3) is 0.500. The fourth-order valence-electron chi connectivity index (χ4n) is 2.20. The smallest absolute Gasteiger partial charge is 0.162 e. The topological polar surface area (TPSA) is 37.8 Å². The van der Waals surface area contributed by atoms with Crippen LogP contribution in [0.25, 0.3) is 11.4 Å². The molecule has 20 heavy (non-hydrogen) atoms. The zero-order chi connectivity index (χ0) is 14.5. The Hall–Kier alpha value is -1.42. The molecule has 0 saturated carbocycles. The number of nitrogens with zero attached hydrogens (tertiary/aromatic N) is 2. The van der Waals surface area contributed by atoms with Gasteiger partial charge in [0.1, 0.15) is 5.82 Å². The van der Waals surface area contributed by atoms with Gasteiger partial charge in [0.25, 0.3) is 0 Å². The predicted octanol–water partition coefficient (Wildman–Crippen LogP) is 4.60. The standard InChI is InChI=1S/C16H23N3S/c1-5-7-13-10-15(17-8-6-2)19-16(18-13)14-9-11(3)20-12(14)4/h9-10H,5-8H2,1-4H3,(H,17,18,19). The van der Waals surface area contributed by atoms with Crippen molar-refractivity contribution < 1.29 is 0 Å². The molecule has 0 bridgehead atoms. The van der Waals surface area contributed by atoms with Gasteiger partial charge in [-0.1, -0.05) is 20.3 Å². The Morgan fingerprint density at radius 2 is 1.90 bits per heavy atom. The summed E-state index contributed by atoms with van der Waals surface area (Å²) in [5.74, 6) is 1.81. The van der Waals surface area contributed by atoms with Gasteiger partial charge < -0.3 is 5.32 Å². The maximum Gasteiger partial charge on any atom is 0.162 e. The van der Waals surface area contributed by atoms with E-state index < -0.39 is 0 Å². The minimum Gasteiger partial charge on any atom is -0.370 e. The third-order valence-corrected chi connectivity index (χ3v) is 4.09. The van der Waals surface area contributed by atoms with Crippen molar-refractivity contribution >= 4 is 17.2 Å². The van der Waals surface area contributed by atoms with Gasteiger partial charge in [0.2, 0.25) is 0 Å². The van der Waals surface area contributed by atoms with Crippen LogP contribution in [0.15, 0.2) is 12.1 Å². The molecule has 2 heterocycles. The first kappa shape index (κ1) is 15.0. The summed E-state index contributed by atoms with van der Waals surface area (Å²) in [6.07, 6.45) is 3.20. The lowest BCUT2D eigenvalue weighted by atomic mass is 10.2. The SMILES string of the molecule is CCCNc1cc(CCC)nc(-c2cc(C)sc2C)n1. The summed E-state index contributed by atoms with van der Waals surface area (Å²) in [4.78, 5) is 12.0. The van der Waals surface area contributed by atoms with Crippen molar-refractivity contribution in [1.82, 2.24) is 9.97 Å². The lowest BCUT2D eigenvalue weighted by Gasteiger charge is -2.09. The van der Waals surface area contributed by atoms with Gasteiger partial charge in [-0.25, -0.2) is 9.97 Å². The van der Waals surface area contributed by atoms with E-state index in [1.165, 1.54) is 15.3 Å². The Morgan fingerprint density at radius 1 is 1.10 bits per heavy atom. The van der Waals surface area contributed by atoms with Crippen molar-refractivity contribution in [2.45, 2.75) is 47.0 Å². The highest BCUT2D eigenvalue weighted by molar-refractivity contribution is 7.12. The molecule has 2 aromatic rings. The van der Waals surface area contributed by atoms with Gasteiger partial charge in [-0.2, -0.15) is 0 Å². The van der Waals surface area contributed by atoms with Crippen molar-refractivity contribution in [3.05, 3.63) is 27.6 Å². The first-order valence-electron chi connectivity index (χ1n) is 7.33. The molecule has 3 nitrogen and oxygen atoms in total. The van der Waals surface area contributed by atoms with Crippen LogP contribution < -0.4 is 5.32 Å². The molecule has 2 aromatic heterocycles. The molecule has 0 aromatic carbocycles. The number of aromatic nitrogens is 2. The van der Waals surface area contributed by atoms with Crippen molar-refractivity contribution in [2.24, 2.45) is 0 Å². The van der Waals surface area contributed by atoms with Crippen LogP contribution in [0.2, 0.25) is 0 Å². The van der Waals surface area contributed by atoms with E-state index in [4.69, 9.17) is 4.98 Å². The Morgan fingerprint density at radius 3 is 2.50 bits per heavy atom. The van der Waals surface area contributed by atoms with E-state index in [0.29, 0.717) is 0 Å². The van der Waals surface area contributed by atoms with Crippen LogP contribution in [0.5, 0.6) is 0 Å². The lowest BCUT2D eigenvalue weighted by molar-refractivity contribution is 0.872. The Labute approximate surface area is 125 Å². The number of thiophene rings is 1. The molecule has 0 fully saturated rings. The van der Waals surface area contributed by atoms with Crippen molar-refractivity contribution in [3.63, 3.8) is 0 Å². The minimum absolute atomic E-state index is 0.858. The maximum absolute atomic E-state index is 4.73. The number of hydrogen-bond acceptors (Lipinski definition) is 4. The van der Waals surface area contributed by atoms with E-state index in [1.807, 2.05) is 0 Å². The molecule has 0 spiro atoms. The average molecular weight is 289 g/mol. The second kappa shape index (κ2) is 6.84. The number of aryl methyl sites for hydroxylation is 3. The van der Waals surface area contributed by atoms with Crippen LogP contribution in [0.3, 0.4) is 0 Å². The molecule has 108 valence electrons. The molecule has 2 rings (SSSR count). The minimum atomic E-state index is 0.858. The van der Waals surface area contributed by atoms with E-state index in [-0.39, 0.29) is 0 Å². The van der Waals surface area contributed by atoms with E-state index in [9.17, 15) is 0 Å². The molecule has 0 saturated heterocycles. The summed E-state index contributed by atoms with van der Waals surface area (Å²) in [7, 11) is 0. The highest BCUT2D eigenvalue weighted by atomic mass is 32.1. The zero-order valence-electron chi connectivity index (χ0n) is 12.8. The van der Waals surface area contributed by atoms with Gasteiger partial charge in [0, 0.05) is 33.6 Å². The summed E-state index contributed by atoms with van der Waals surface area (Å²) < 4.78 is 0. The molecular weight excluding hydrogens is 266 g/mol. The van der Waals surface area contributed by atoms with Gasteiger partial charge in [0.15, 0.2) is 5.82 Å². The normalized spacial score (nSPS) is 10.8. The third kappa shape index (κ3) is 3.57. The van der Waals surface area contributed by atoms with Crippen LogP contribution in [-0.4, -0.2) is 16.5 Å². The maximum atomic E-state index is 4.73. The Kier molecular flexibility index (Phi) is 5.12. The second-order valence-corrected chi connectivity index (χ2v) is 6.53. The van der Waals surface area contributed by atoms with Gasteiger partial charge in [0.05, 0.1) is 0 Å². The monoisotopic (exact) mass is 289 g/mol. The fourth-order valence-corrected chi connectivity index (χ4v) is 3.12. The first-order valence-corrected chi connectivity index (χ1v) is 8.15. The van der Waals surface area contributed by atoms with E-state index in [0.717, 1.165) is 43.1 Å². The van der Waals surface area contributed by atoms with Gasteiger partial charge in [-0.05, 0) is 32.8 Å². The van der Waals surface area contributed by atoms with Crippen LogP contribution in [0.1, 0.15) is 42.1 Å². The molecule has 0 aliphatic carbocycles. The number of rotatable bonds is 6. The molecule has 0 amide bonds. The Bertz CT molecular complexity index is 575. The van der Waals surface area contributed by atoms with Crippen molar-refractivity contribution in [3.8, 4) is 11.4 Å².